The number of unbranched alkanes of at least 4 members (excludes halogenated alkanes) is 1. The third-order valence-corrected chi connectivity index (χ3v) is 12.9. The van der Waals surface area contributed by atoms with Crippen LogP contribution in [0.2, 0.25) is 0 Å². The van der Waals surface area contributed by atoms with Crippen LogP contribution in [0.1, 0.15) is 120 Å². The zero-order valence-corrected chi connectivity index (χ0v) is 34.8. The van der Waals surface area contributed by atoms with Crippen LogP contribution in [0.5, 0.6) is 0 Å². The predicted octanol–water partition coefficient (Wildman–Crippen LogP) is 10.5. The Morgan fingerprint density at radius 1 is 0.577 bits per heavy atom. The highest BCUT2D eigenvalue weighted by Gasteiger charge is 2.30. The molecule has 3 aromatic carbocycles. The van der Waals surface area contributed by atoms with Gasteiger partial charge in [-0.2, -0.15) is 8.42 Å². The first-order valence-electron chi connectivity index (χ1n) is 21.0. The molecule has 2 aliphatic heterocycles. The first kappa shape index (κ1) is 43.9. The maximum absolute atomic E-state index is 12.1. The van der Waals surface area contributed by atoms with Crippen molar-refractivity contribution in [1.29, 1.82) is 0 Å². The van der Waals surface area contributed by atoms with E-state index in [-0.39, 0.29) is 11.5 Å². The van der Waals surface area contributed by atoms with Gasteiger partial charge in [0.05, 0.1) is 63.9 Å². The lowest BCUT2D eigenvalue weighted by molar-refractivity contribution is -0.915. The molecule has 0 atom stereocenters. The Kier molecular flexibility index (Phi) is 19.7. The molecule has 290 valence electrons. The molecule has 2 saturated heterocycles. The summed E-state index contributed by atoms with van der Waals surface area (Å²) in [5.41, 5.74) is 6.74. The number of benzene rings is 3. The second kappa shape index (κ2) is 23.3. The second-order valence-electron chi connectivity index (χ2n) is 15.2. The first-order chi connectivity index (χ1) is 25.2. The number of likely N-dealkylation sites (tertiary alicyclic amines) is 2. The average molecular weight is 735 g/mol. The highest BCUT2D eigenvalue weighted by Crippen LogP contribution is 2.22. The van der Waals surface area contributed by atoms with Gasteiger partial charge in [0, 0.05) is 38.5 Å². The number of aryl methyl sites for hydroxylation is 5. The molecule has 0 bridgehead atoms. The lowest BCUT2D eigenvalue weighted by Gasteiger charge is -2.33. The van der Waals surface area contributed by atoms with E-state index < -0.39 is 10.1 Å². The molecule has 5 rings (SSSR count). The van der Waals surface area contributed by atoms with E-state index in [0.29, 0.717) is 6.42 Å². The van der Waals surface area contributed by atoms with Crippen LogP contribution >= 0.6 is 0 Å². The number of nitrogens with zero attached hydrogens (tertiary/aromatic N) is 2. The highest BCUT2D eigenvalue weighted by molar-refractivity contribution is 7.86. The standard InChI is InChI=1S/C24H42N2.C20H26O3S.C2H6/c1-3-25(16-5-6-17-25)20-10-14-23-12-9-13-24(22-23)15-11-21-26(4-2)18-7-8-19-26;1-3-4-7-18-8-5-9-19(16-18)10-6-15-23-24(21,22)20-13-11-17(2)12-14-20;1-2/h9,12-13,22H,3-8,10-11,14-21H2,1-2H3;5,8-9,11-14,16H,3-4,6-7,10,15H2,1-2H3;1-2H3/q+2;;. The maximum Gasteiger partial charge on any atom is 0.296 e. The Labute approximate surface area is 320 Å². The number of rotatable bonds is 19. The fraction of sp³-hybridized carbons (Fsp3) is 0.609. The van der Waals surface area contributed by atoms with Crippen molar-refractivity contribution in [2.24, 2.45) is 0 Å². The van der Waals surface area contributed by atoms with E-state index in [1.54, 1.807) is 35.4 Å². The Hall–Kier alpha value is -2.51. The zero-order valence-electron chi connectivity index (χ0n) is 34.0. The van der Waals surface area contributed by atoms with Crippen molar-refractivity contribution >= 4 is 10.1 Å². The van der Waals surface area contributed by atoms with Gasteiger partial charge in [-0.05, 0) is 93.7 Å². The molecular weight excluding hydrogens is 661 g/mol. The van der Waals surface area contributed by atoms with Gasteiger partial charge in [0.15, 0.2) is 0 Å². The first-order valence-corrected chi connectivity index (χ1v) is 22.4. The maximum atomic E-state index is 12.1. The Bertz CT molecular complexity index is 1460. The lowest BCUT2D eigenvalue weighted by Crippen LogP contribution is -2.45. The van der Waals surface area contributed by atoms with Crippen LogP contribution in [0.4, 0.5) is 0 Å². The van der Waals surface area contributed by atoms with E-state index in [1.165, 1.54) is 137 Å². The van der Waals surface area contributed by atoms with Gasteiger partial charge in [0.2, 0.25) is 0 Å². The number of quaternary nitrogens is 2. The van der Waals surface area contributed by atoms with Crippen molar-refractivity contribution in [3.05, 3.63) is 101 Å². The monoisotopic (exact) mass is 735 g/mol. The molecule has 52 heavy (non-hydrogen) atoms. The summed E-state index contributed by atoms with van der Waals surface area (Å²) in [5.74, 6) is 0. The molecular formula is C46H74N2O3S+2. The number of hydrogen-bond acceptors (Lipinski definition) is 3. The largest absolute Gasteiger partial charge is 0.324 e. The summed E-state index contributed by atoms with van der Waals surface area (Å²) < 4.78 is 32.1. The van der Waals surface area contributed by atoms with E-state index in [4.69, 9.17) is 4.18 Å². The normalized spacial score (nSPS) is 16.1. The van der Waals surface area contributed by atoms with Gasteiger partial charge in [-0.15, -0.1) is 0 Å². The molecule has 6 heteroatoms. The van der Waals surface area contributed by atoms with Gasteiger partial charge in [-0.1, -0.05) is 93.4 Å². The SMILES string of the molecule is CC.CCCCc1cccc(CCCOS(=O)(=O)c2ccc(C)cc2)c1.CC[N+]1(CCCc2cccc(CCC[N+]3(CC)CCCC3)c2)CCCC1. The molecule has 2 fully saturated rings. The summed E-state index contributed by atoms with van der Waals surface area (Å²) in [6.45, 7) is 24.2. The zero-order chi connectivity index (χ0) is 37.7. The van der Waals surface area contributed by atoms with Crippen molar-refractivity contribution in [2.45, 2.75) is 130 Å². The minimum Gasteiger partial charge on any atom is -0.324 e. The highest BCUT2D eigenvalue weighted by atomic mass is 32.2. The molecule has 0 aromatic heterocycles. The summed E-state index contributed by atoms with van der Waals surface area (Å²) in [6, 6.07) is 24.7. The van der Waals surface area contributed by atoms with E-state index in [0.717, 1.165) is 18.4 Å². The van der Waals surface area contributed by atoms with Gasteiger partial charge in [0.1, 0.15) is 0 Å². The molecule has 5 nitrogen and oxygen atoms in total. The molecule has 0 unspecified atom stereocenters. The van der Waals surface area contributed by atoms with Crippen LogP contribution in [0, 0.1) is 6.92 Å². The minimum atomic E-state index is -3.65. The molecule has 0 spiro atoms. The van der Waals surface area contributed by atoms with Gasteiger partial charge in [0.25, 0.3) is 10.1 Å². The summed E-state index contributed by atoms with van der Waals surface area (Å²) in [4.78, 5) is 0.217. The van der Waals surface area contributed by atoms with E-state index in [9.17, 15) is 8.42 Å². The summed E-state index contributed by atoms with van der Waals surface area (Å²) in [7, 11) is -3.65. The summed E-state index contributed by atoms with van der Waals surface area (Å²) in [6.07, 6.45) is 16.0. The molecule has 2 aliphatic rings. The Morgan fingerprint density at radius 2 is 0.981 bits per heavy atom. The van der Waals surface area contributed by atoms with E-state index in [2.05, 4.69) is 69.3 Å². The van der Waals surface area contributed by atoms with Crippen molar-refractivity contribution in [3.8, 4) is 0 Å². The molecule has 0 saturated carbocycles. The smallest absolute Gasteiger partial charge is 0.296 e. The Morgan fingerprint density at radius 3 is 1.38 bits per heavy atom. The van der Waals surface area contributed by atoms with E-state index in [1.807, 2.05) is 20.8 Å². The van der Waals surface area contributed by atoms with Crippen LogP contribution in [-0.4, -0.2) is 76.3 Å². The van der Waals surface area contributed by atoms with Gasteiger partial charge >= 0.3 is 0 Å². The Balaban J connectivity index is 0.000000269. The molecule has 2 heterocycles. The van der Waals surface area contributed by atoms with Crippen molar-refractivity contribution in [2.75, 3.05) is 59.0 Å². The van der Waals surface area contributed by atoms with E-state index >= 15 is 0 Å². The molecule has 0 radical (unpaired) electrons. The van der Waals surface area contributed by atoms with Crippen molar-refractivity contribution in [1.82, 2.24) is 0 Å². The molecule has 0 amide bonds. The average Bonchev–Trinajstić information content (AvgIpc) is 3.85. The number of hydrogen-bond donors (Lipinski definition) is 0. The van der Waals surface area contributed by atoms with Crippen LogP contribution in [0.15, 0.2) is 77.7 Å². The van der Waals surface area contributed by atoms with Crippen LogP contribution in [-0.2, 0) is 40.0 Å². The van der Waals surface area contributed by atoms with Crippen LogP contribution < -0.4 is 0 Å². The second-order valence-corrected chi connectivity index (χ2v) is 16.8. The van der Waals surface area contributed by atoms with Crippen molar-refractivity contribution in [3.63, 3.8) is 0 Å². The van der Waals surface area contributed by atoms with Crippen LogP contribution in [0.25, 0.3) is 0 Å². The topological polar surface area (TPSA) is 43.4 Å². The van der Waals surface area contributed by atoms with Gasteiger partial charge < -0.3 is 8.97 Å². The third-order valence-electron chi connectivity index (χ3n) is 11.5. The molecule has 0 aliphatic carbocycles. The minimum absolute atomic E-state index is 0.204. The van der Waals surface area contributed by atoms with Crippen LogP contribution in [0.3, 0.4) is 0 Å². The molecule has 3 aromatic rings. The van der Waals surface area contributed by atoms with Gasteiger partial charge in [-0.3, -0.25) is 4.18 Å². The van der Waals surface area contributed by atoms with Crippen molar-refractivity contribution < 1.29 is 21.6 Å². The fourth-order valence-electron chi connectivity index (χ4n) is 8.13. The third kappa shape index (κ3) is 14.7. The summed E-state index contributed by atoms with van der Waals surface area (Å²) in [5, 5.41) is 0. The quantitative estimate of drug-likeness (QED) is 0.0700. The summed E-state index contributed by atoms with van der Waals surface area (Å²) >= 11 is 0. The molecule has 0 N–H and O–H groups in total. The predicted molar refractivity (Wildman–Crippen MR) is 221 cm³/mol. The lowest BCUT2D eigenvalue weighted by atomic mass is 10.0. The fourth-order valence-corrected chi connectivity index (χ4v) is 9.07. The van der Waals surface area contributed by atoms with Gasteiger partial charge in [-0.25, -0.2) is 0 Å².